The molecule has 1 aromatic carbocycles. The fourth-order valence-corrected chi connectivity index (χ4v) is 2.21. The average Bonchev–Trinajstić information content (AvgIpc) is 2.89. The maximum absolute atomic E-state index is 11.8. The van der Waals surface area contributed by atoms with Crippen LogP contribution in [0, 0.1) is 13.8 Å². The number of aromatic amines is 1. The Balaban J connectivity index is 2.14. The summed E-state index contributed by atoms with van der Waals surface area (Å²) in [4.78, 5) is 11.8. The van der Waals surface area contributed by atoms with Gasteiger partial charge in [0, 0.05) is 11.8 Å². The SMILES string of the molecule is C=C(/C=C\C(=C/C)n1c(C)n[nH]c1=O)Oc1ccc(C)c(OC)c1. The lowest BCUT2D eigenvalue weighted by atomic mass is 10.2. The fraction of sp³-hybridized carbons (Fsp3) is 0.222. The highest BCUT2D eigenvalue weighted by molar-refractivity contribution is 5.58. The number of hydrogen-bond acceptors (Lipinski definition) is 4. The normalized spacial score (nSPS) is 11.8. The van der Waals surface area contributed by atoms with Crippen molar-refractivity contribution in [3.05, 3.63) is 70.6 Å². The molecule has 1 aromatic heterocycles. The molecule has 1 heterocycles. The van der Waals surface area contributed by atoms with Crippen LogP contribution in [-0.4, -0.2) is 21.9 Å². The molecular weight excluding hydrogens is 306 g/mol. The standard InChI is InChI=1S/C18H21N3O3/c1-6-15(21-14(4)19-20-18(21)22)9-8-13(3)24-16-10-7-12(2)17(11-16)23-5/h6-11H,3H2,1-2,4-5H3,(H,20,22)/b9-8-,15-6+. The summed E-state index contributed by atoms with van der Waals surface area (Å²) in [5.41, 5.74) is 1.41. The molecule has 126 valence electrons. The molecule has 0 saturated heterocycles. The van der Waals surface area contributed by atoms with Gasteiger partial charge >= 0.3 is 5.69 Å². The molecule has 0 amide bonds. The van der Waals surface area contributed by atoms with Crippen molar-refractivity contribution in [1.29, 1.82) is 0 Å². The predicted molar refractivity (Wildman–Crippen MR) is 94.2 cm³/mol. The Morgan fingerprint density at radius 2 is 2.08 bits per heavy atom. The van der Waals surface area contributed by atoms with Gasteiger partial charge in [-0.3, -0.25) is 0 Å². The van der Waals surface area contributed by atoms with Gasteiger partial charge in [0.2, 0.25) is 0 Å². The van der Waals surface area contributed by atoms with Gasteiger partial charge in [-0.05, 0) is 44.6 Å². The molecule has 0 aliphatic rings. The quantitative estimate of drug-likeness (QED) is 0.653. The van der Waals surface area contributed by atoms with Crippen LogP contribution in [0.2, 0.25) is 0 Å². The third-order valence-corrected chi connectivity index (χ3v) is 3.46. The lowest BCUT2D eigenvalue weighted by Gasteiger charge is -2.09. The number of nitrogens with zero attached hydrogens (tertiary/aromatic N) is 2. The first kappa shape index (κ1) is 17.3. The zero-order valence-corrected chi connectivity index (χ0v) is 14.3. The zero-order chi connectivity index (χ0) is 17.7. The second-order valence-corrected chi connectivity index (χ2v) is 5.16. The monoisotopic (exact) mass is 327 g/mol. The third-order valence-electron chi connectivity index (χ3n) is 3.46. The number of H-pyrrole nitrogens is 1. The summed E-state index contributed by atoms with van der Waals surface area (Å²) in [6.07, 6.45) is 5.25. The largest absolute Gasteiger partial charge is 0.496 e. The minimum Gasteiger partial charge on any atom is -0.496 e. The highest BCUT2D eigenvalue weighted by Crippen LogP contribution is 2.25. The Morgan fingerprint density at radius 3 is 2.67 bits per heavy atom. The zero-order valence-electron chi connectivity index (χ0n) is 14.3. The van der Waals surface area contributed by atoms with Gasteiger partial charge in [0.1, 0.15) is 23.1 Å². The number of hydrogen-bond donors (Lipinski definition) is 1. The van der Waals surface area contributed by atoms with Crippen LogP contribution in [0.25, 0.3) is 5.70 Å². The Morgan fingerprint density at radius 1 is 1.33 bits per heavy atom. The molecule has 2 rings (SSSR count). The number of aryl methyl sites for hydroxylation is 2. The van der Waals surface area contributed by atoms with Crippen molar-refractivity contribution in [3.63, 3.8) is 0 Å². The van der Waals surface area contributed by atoms with Crippen molar-refractivity contribution in [3.8, 4) is 11.5 Å². The second-order valence-electron chi connectivity index (χ2n) is 5.16. The van der Waals surface area contributed by atoms with Gasteiger partial charge in [0.15, 0.2) is 0 Å². The Labute approximate surface area is 140 Å². The van der Waals surface area contributed by atoms with Gasteiger partial charge in [-0.1, -0.05) is 18.7 Å². The van der Waals surface area contributed by atoms with Gasteiger partial charge in [-0.2, -0.15) is 5.10 Å². The highest BCUT2D eigenvalue weighted by Gasteiger charge is 2.06. The Bertz CT molecular complexity index is 857. The van der Waals surface area contributed by atoms with Crippen molar-refractivity contribution in [1.82, 2.24) is 14.8 Å². The van der Waals surface area contributed by atoms with Gasteiger partial charge in [0.25, 0.3) is 0 Å². The topological polar surface area (TPSA) is 69.1 Å². The van der Waals surface area contributed by atoms with Crippen LogP contribution in [0.5, 0.6) is 11.5 Å². The minimum atomic E-state index is -0.292. The number of benzene rings is 1. The summed E-state index contributed by atoms with van der Waals surface area (Å²) in [6.45, 7) is 9.42. The molecule has 2 aromatic rings. The van der Waals surface area contributed by atoms with E-state index in [0.717, 1.165) is 11.3 Å². The van der Waals surface area contributed by atoms with Crippen LogP contribution in [0.1, 0.15) is 18.3 Å². The third kappa shape index (κ3) is 3.84. The van der Waals surface area contributed by atoms with Crippen LogP contribution in [0.3, 0.4) is 0 Å². The predicted octanol–water partition coefficient (Wildman–Crippen LogP) is 3.21. The van der Waals surface area contributed by atoms with Crippen LogP contribution in [0.15, 0.2) is 53.6 Å². The molecule has 1 N–H and O–H groups in total. The number of rotatable bonds is 6. The summed E-state index contributed by atoms with van der Waals surface area (Å²) in [7, 11) is 1.62. The number of methoxy groups -OCH3 is 1. The smallest absolute Gasteiger partial charge is 0.347 e. The second kappa shape index (κ2) is 7.50. The molecule has 0 radical (unpaired) electrons. The first-order chi connectivity index (χ1) is 11.5. The van der Waals surface area contributed by atoms with E-state index in [9.17, 15) is 4.79 Å². The van der Waals surface area contributed by atoms with E-state index in [4.69, 9.17) is 9.47 Å². The summed E-state index contributed by atoms with van der Waals surface area (Å²) in [6, 6.07) is 5.56. The Hall–Kier alpha value is -3.02. The van der Waals surface area contributed by atoms with Crippen molar-refractivity contribution in [2.75, 3.05) is 7.11 Å². The number of aromatic nitrogens is 3. The van der Waals surface area contributed by atoms with E-state index in [0.29, 0.717) is 23.0 Å². The number of ether oxygens (including phenoxy) is 2. The van der Waals surface area contributed by atoms with Crippen molar-refractivity contribution in [2.24, 2.45) is 0 Å². The average molecular weight is 327 g/mol. The fourth-order valence-electron chi connectivity index (χ4n) is 2.21. The molecule has 0 aliphatic heterocycles. The molecule has 24 heavy (non-hydrogen) atoms. The first-order valence-electron chi connectivity index (χ1n) is 7.46. The lowest BCUT2D eigenvalue weighted by Crippen LogP contribution is -2.16. The molecule has 6 heteroatoms. The summed E-state index contributed by atoms with van der Waals surface area (Å²) < 4.78 is 12.4. The number of allylic oxidation sites excluding steroid dienone is 4. The molecule has 0 unspecified atom stereocenters. The van der Waals surface area contributed by atoms with E-state index in [1.165, 1.54) is 4.57 Å². The van der Waals surface area contributed by atoms with Crippen LogP contribution in [-0.2, 0) is 0 Å². The van der Waals surface area contributed by atoms with Crippen LogP contribution < -0.4 is 15.2 Å². The van der Waals surface area contributed by atoms with E-state index in [-0.39, 0.29) is 5.69 Å². The lowest BCUT2D eigenvalue weighted by molar-refractivity contribution is 0.402. The molecule has 0 bridgehead atoms. The van der Waals surface area contributed by atoms with Gasteiger partial charge in [0.05, 0.1) is 7.11 Å². The van der Waals surface area contributed by atoms with E-state index in [2.05, 4.69) is 16.8 Å². The van der Waals surface area contributed by atoms with Gasteiger partial charge in [-0.25, -0.2) is 14.5 Å². The van der Waals surface area contributed by atoms with Gasteiger partial charge < -0.3 is 9.47 Å². The maximum Gasteiger partial charge on any atom is 0.347 e. The van der Waals surface area contributed by atoms with E-state index in [1.54, 1.807) is 32.3 Å². The van der Waals surface area contributed by atoms with E-state index < -0.39 is 0 Å². The summed E-state index contributed by atoms with van der Waals surface area (Å²) in [5, 5.41) is 6.30. The molecule has 0 spiro atoms. The molecule has 0 saturated carbocycles. The molecular formula is C18H21N3O3. The van der Waals surface area contributed by atoms with Gasteiger partial charge in [-0.15, -0.1) is 0 Å². The van der Waals surface area contributed by atoms with Crippen molar-refractivity contribution < 1.29 is 9.47 Å². The maximum atomic E-state index is 11.8. The Kier molecular flexibility index (Phi) is 5.42. The van der Waals surface area contributed by atoms with E-state index in [1.807, 2.05) is 32.1 Å². The molecule has 0 atom stereocenters. The molecule has 0 fully saturated rings. The summed E-state index contributed by atoms with van der Waals surface area (Å²) >= 11 is 0. The highest BCUT2D eigenvalue weighted by atomic mass is 16.5. The minimum absolute atomic E-state index is 0.292. The molecule has 6 nitrogen and oxygen atoms in total. The van der Waals surface area contributed by atoms with Crippen LogP contribution >= 0.6 is 0 Å². The van der Waals surface area contributed by atoms with E-state index >= 15 is 0 Å². The van der Waals surface area contributed by atoms with Crippen molar-refractivity contribution >= 4 is 5.70 Å². The van der Waals surface area contributed by atoms with Crippen LogP contribution in [0.4, 0.5) is 0 Å². The first-order valence-corrected chi connectivity index (χ1v) is 7.46. The number of nitrogens with one attached hydrogen (secondary N) is 1. The molecule has 0 aliphatic carbocycles. The summed E-state index contributed by atoms with van der Waals surface area (Å²) in [5.74, 6) is 2.40. The van der Waals surface area contributed by atoms with Crippen molar-refractivity contribution in [2.45, 2.75) is 20.8 Å².